The van der Waals surface area contributed by atoms with Crippen LogP contribution in [0.15, 0.2) is 103 Å². The third-order valence-corrected chi connectivity index (χ3v) is 13.6. The minimum atomic E-state index is -5.51. The monoisotopic (exact) mass is 1200 g/mol. The molecule has 3 aliphatic rings. The van der Waals surface area contributed by atoms with Crippen molar-refractivity contribution in [3.63, 3.8) is 0 Å². The molecule has 0 saturated carbocycles. The number of nitrogens with zero attached hydrogens (tertiary/aromatic N) is 2. The Labute approximate surface area is 458 Å². The standard InChI is InChI=1S/C56H34F18N4O6/c57-51(58,59)27-12-24(13-28(19-27)52(60,61)62)44-36-6-4-34(75-36)43(23-2-1-3-33(18-23)83-50-49(82)48(81)47(80)42(22-79)84-50)35-5-7-37(76-35)45(25-14-29(53(63,64)65)20-30(15-25)54(66,67)68)39-9-11-41(78-39)46(40-10-8-38(44)77-40)26-16-31(55(69,70)71)21-32(17-26)56(72,73)74/h1-21,42,47-50,75,78-82H,22H2/t42-,47-,48+,49-,50-/m1/s1. The van der Waals surface area contributed by atoms with Crippen LogP contribution in [-0.4, -0.2) is 77.7 Å². The molecule has 6 N–H and O–H groups in total. The number of aromatic amines is 2. The summed E-state index contributed by atoms with van der Waals surface area (Å²) in [4.78, 5) is 14.6. The number of H-pyrrole nitrogens is 2. The second-order valence-corrected chi connectivity index (χ2v) is 19.2. The van der Waals surface area contributed by atoms with Crippen LogP contribution in [0.25, 0.3) is 90.9 Å². The number of hydrogen-bond donors (Lipinski definition) is 6. The van der Waals surface area contributed by atoms with Gasteiger partial charge in [0.2, 0.25) is 6.29 Å². The molecule has 10 nitrogen and oxygen atoms in total. The highest BCUT2D eigenvalue weighted by atomic mass is 19.4. The van der Waals surface area contributed by atoms with E-state index in [0.29, 0.717) is 24.3 Å². The molecule has 7 aromatic rings. The zero-order valence-electron chi connectivity index (χ0n) is 41.5. The van der Waals surface area contributed by atoms with E-state index in [-0.39, 0.29) is 63.9 Å². The van der Waals surface area contributed by atoms with E-state index in [4.69, 9.17) is 9.47 Å². The second-order valence-electron chi connectivity index (χ2n) is 19.2. The Kier molecular flexibility index (Phi) is 14.6. The van der Waals surface area contributed by atoms with E-state index in [2.05, 4.69) is 19.9 Å². The summed E-state index contributed by atoms with van der Waals surface area (Å²) in [6, 6.07) is 10.5. The van der Waals surface area contributed by atoms with Crippen LogP contribution in [0.2, 0.25) is 0 Å². The predicted octanol–water partition coefficient (Wildman–Crippen LogP) is 14.6. The summed E-state index contributed by atoms with van der Waals surface area (Å²) in [6.07, 6.45) is -37.7. The largest absolute Gasteiger partial charge is 0.462 e. The van der Waals surface area contributed by atoms with Gasteiger partial charge >= 0.3 is 37.1 Å². The Morgan fingerprint density at radius 2 is 0.702 bits per heavy atom. The van der Waals surface area contributed by atoms with E-state index in [0.717, 1.165) is 36.4 Å². The zero-order chi connectivity index (χ0) is 61.0. The fourth-order valence-electron chi connectivity index (χ4n) is 9.74. The molecule has 4 aromatic carbocycles. The fourth-order valence-corrected chi connectivity index (χ4v) is 9.74. The topological polar surface area (TPSA) is 157 Å². The van der Waals surface area contributed by atoms with E-state index in [1.165, 1.54) is 36.4 Å². The number of nitrogens with one attached hydrogen (secondary N) is 2. The average Bonchev–Trinajstić information content (AvgIpc) is 2.11. The van der Waals surface area contributed by atoms with Gasteiger partial charge in [-0.25, -0.2) is 9.97 Å². The third kappa shape index (κ3) is 11.6. The van der Waals surface area contributed by atoms with Crippen molar-refractivity contribution in [1.29, 1.82) is 0 Å². The molecule has 440 valence electrons. The van der Waals surface area contributed by atoms with Crippen LogP contribution in [0.3, 0.4) is 0 Å². The number of aromatic nitrogens is 4. The number of rotatable bonds is 7. The van der Waals surface area contributed by atoms with Crippen LogP contribution in [0, 0.1) is 0 Å². The van der Waals surface area contributed by atoms with Crippen molar-refractivity contribution >= 4 is 46.4 Å². The first-order chi connectivity index (χ1) is 39.1. The van der Waals surface area contributed by atoms with Gasteiger partial charge in [0.05, 0.1) is 62.8 Å². The van der Waals surface area contributed by atoms with Crippen LogP contribution >= 0.6 is 0 Å². The number of hydrogen-bond acceptors (Lipinski definition) is 8. The highest BCUT2D eigenvalue weighted by molar-refractivity contribution is 6.00. The number of halogens is 18. The van der Waals surface area contributed by atoms with Gasteiger partial charge in [0.25, 0.3) is 0 Å². The molecule has 0 amide bonds. The Bertz CT molecular complexity index is 3810. The number of benzene rings is 4. The minimum Gasteiger partial charge on any atom is -0.462 e. The molecule has 1 fully saturated rings. The lowest BCUT2D eigenvalue weighted by Gasteiger charge is -2.39. The summed E-state index contributed by atoms with van der Waals surface area (Å²) in [7, 11) is 0. The van der Waals surface area contributed by atoms with Crippen molar-refractivity contribution in [2.45, 2.75) is 67.8 Å². The van der Waals surface area contributed by atoms with Crippen molar-refractivity contribution in [2.24, 2.45) is 0 Å². The maximum atomic E-state index is 14.6. The van der Waals surface area contributed by atoms with Gasteiger partial charge < -0.3 is 39.9 Å². The maximum Gasteiger partial charge on any atom is 0.416 e. The molecular formula is C56H34F18N4O6. The molecule has 0 aliphatic carbocycles. The maximum absolute atomic E-state index is 14.6. The number of alkyl halides is 18. The number of aliphatic hydroxyl groups excluding tert-OH is 4. The third-order valence-electron chi connectivity index (χ3n) is 13.6. The lowest BCUT2D eigenvalue weighted by molar-refractivity contribution is -0.277. The molecule has 10 rings (SSSR count). The molecule has 0 unspecified atom stereocenters. The summed E-state index contributed by atoms with van der Waals surface area (Å²) in [5.74, 6) is -0.218. The van der Waals surface area contributed by atoms with Crippen molar-refractivity contribution in [3.8, 4) is 50.3 Å². The van der Waals surface area contributed by atoms with Gasteiger partial charge in [-0.3, -0.25) is 0 Å². The highest BCUT2D eigenvalue weighted by Crippen LogP contribution is 2.47. The molecule has 5 atom stereocenters. The first-order valence-electron chi connectivity index (χ1n) is 24.2. The van der Waals surface area contributed by atoms with Crippen LogP contribution < -0.4 is 4.74 Å². The number of fused-ring (bicyclic) bond motifs is 8. The van der Waals surface area contributed by atoms with Crippen LogP contribution in [0.5, 0.6) is 5.75 Å². The van der Waals surface area contributed by atoms with Gasteiger partial charge in [-0.2, -0.15) is 79.0 Å². The van der Waals surface area contributed by atoms with E-state index in [1.807, 2.05) is 0 Å². The smallest absolute Gasteiger partial charge is 0.416 e. The fraction of sp³-hybridized carbons (Fsp3) is 0.214. The van der Waals surface area contributed by atoms with Crippen LogP contribution in [0.4, 0.5) is 79.0 Å². The highest BCUT2D eigenvalue weighted by Gasteiger charge is 2.45. The summed E-state index contributed by atoms with van der Waals surface area (Å²) in [6.45, 7) is -0.875. The SMILES string of the molecule is OC[C@H]1O[C@@H](Oc2cccc(-c3c4nc(c(-c5cc(C(F)(F)F)cc(C(F)(F)F)c5)c5ccc([nH]5)c(-c5cc(C(F)(F)F)cc(C(F)(F)F)c5)c5nc(c(-c6cc(C(F)(F)F)cc(C(F)(F)F)c6)c6ccc3[nH]6)C=C5)C=C4)c2)[C@H](O)[C@@H](O)[C@@H]1O. The summed E-state index contributed by atoms with van der Waals surface area (Å²) in [5.41, 5.74) is -19.4. The normalized spacial score (nSPS) is 18.9. The van der Waals surface area contributed by atoms with Crippen molar-refractivity contribution in [1.82, 2.24) is 19.9 Å². The molecule has 8 bridgehead atoms. The Hall–Kier alpha value is -8.18. The van der Waals surface area contributed by atoms with Gasteiger partial charge in [-0.05, 0) is 138 Å². The summed E-state index contributed by atoms with van der Waals surface area (Å²) >= 11 is 0. The Morgan fingerprint density at radius 1 is 0.393 bits per heavy atom. The van der Waals surface area contributed by atoms with Gasteiger partial charge in [0.15, 0.2) is 0 Å². The molecule has 0 radical (unpaired) electrons. The van der Waals surface area contributed by atoms with Gasteiger partial charge in [0, 0.05) is 44.3 Å². The lowest BCUT2D eigenvalue weighted by atomic mass is 9.97. The van der Waals surface area contributed by atoms with E-state index in [9.17, 15) is 99.5 Å². The van der Waals surface area contributed by atoms with Crippen molar-refractivity contribution in [2.75, 3.05) is 6.61 Å². The first kappa shape index (κ1) is 59.0. The van der Waals surface area contributed by atoms with Gasteiger partial charge in [0.1, 0.15) is 30.2 Å². The van der Waals surface area contributed by atoms with E-state index in [1.54, 1.807) is 0 Å². The molecule has 84 heavy (non-hydrogen) atoms. The van der Waals surface area contributed by atoms with Crippen molar-refractivity contribution < 1.29 is 109 Å². The molecule has 0 spiro atoms. The lowest BCUT2D eigenvalue weighted by Crippen LogP contribution is -2.60. The van der Waals surface area contributed by atoms with Gasteiger partial charge in [-0.15, -0.1) is 0 Å². The summed E-state index contributed by atoms with van der Waals surface area (Å²) < 4.78 is 274. The Balaban J connectivity index is 1.38. The summed E-state index contributed by atoms with van der Waals surface area (Å²) in [5, 5.41) is 41.4. The van der Waals surface area contributed by atoms with E-state index >= 15 is 0 Å². The predicted molar refractivity (Wildman–Crippen MR) is 265 cm³/mol. The van der Waals surface area contributed by atoms with Crippen molar-refractivity contribution in [3.05, 3.63) is 159 Å². The number of ether oxygens (including phenoxy) is 2. The second kappa shape index (κ2) is 20.9. The molecule has 28 heteroatoms. The molecule has 1 saturated heterocycles. The van der Waals surface area contributed by atoms with E-state index < -0.39 is 169 Å². The molecule has 3 aliphatic heterocycles. The van der Waals surface area contributed by atoms with Gasteiger partial charge in [-0.1, -0.05) is 12.1 Å². The Morgan fingerprint density at radius 3 is 1.00 bits per heavy atom. The molecule has 3 aromatic heterocycles. The average molecular weight is 1200 g/mol. The molecule has 6 heterocycles. The van der Waals surface area contributed by atoms with Crippen LogP contribution in [-0.2, 0) is 41.8 Å². The minimum absolute atomic E-state index is 0.00866. The zero-order valence-corrected chi connectivity index (χ0v) is 41.5. The quantitative estimate of drug-likeness (QED) is 0.0862. The molecular weight excluding hydrogens is 1170 g/mol. The number of aliphatic hydroxyl groups is 4. The first-order valence-corrected chi connectivity index (χ1v) is 24.2. The van der Waals surface area contributed by atoms with Crippen LogP contribution in [0.1, 0.15) is 56.2 Å².